The topological polar surface area (TPSA) is 53.1 Å². The lowest BCUT2D eigenvalue weighted by Crippen LogP contribution is -2.12. The maximum absolute atomic E-state index is 5.95. The van der Waals surface area contributed by atoms with Gasteiger partial charge in [0.15, 0.2) is 0 Å². The molecule has 1 heterocycles. The van der Waals surface area contributed by atoms with E-state index in [9.17, 15) is 0 Å². The Morgan fingerprint density at radius 3 is 2.67 bits per heavy atom. The lowest BCUT2D eigenvalue weighted by atomic mass is 10.1. The zero-order valence-electron chi connectivity index (χ0n) is 12.3. The van der Waals surface area contributed by atoms with E-state index in [4.69, 9.17) is 10.5 Å². The van der Waals surface area contributed by atoms with Crippen molar-refractivity contribution >= 4 is 10.8 Å². The molecular weight excluding hydrogens is 262 g/mol. The van der Waals surface area contributed by atoms with Crippen molar-refractivity contribution in [2.24, 2.45) is 5.73 Å². The number of nitrogens with zero attached hydrogens (tertiary/aromatic N) is 2. The maximum atomic E-state index is 5.95. The lowest BCUT2D eigenvalue weighted by Gasteiger charge is -2.12. The molecule has 3 aromatic rings. The summed E-state index contributed by atoms with van der Waals surface area (Å²) < 4.78 is 7.94. The second-order valence-corrected chi connectivity index (χ2v) is 5.11. The molecule has 1 unspecified atom stereocenters. The molecule has 0 amide bonds. The summed E-state index contributed by atoms with van der Waals surface area (Å²) in [6, 6.07) is 14.8. The van der Waals surface area contributed by atoms with Crippen LogP contribution in [-0.2, 0) is 6.54 Å². The molecule has 4 nitrogen and oxygen atoms in total. The van der Waals surface area contributed by atoms with Crippen LogP contribution in [0.5, 0.6) is 11.8 Å². The fourth-order valence-corrected chi connectivity index (χ4v) is 2.47. The van der Waals surface area contributed by atoms with Gasteiger partial charge in [0.05, 0.1) is 11.9 Å². The van der Waals surface area contributed by atoms with Crippen molar-refractivity contribution in [1.29, 1.82) is 0 Å². The Labute approximate surface area is 124 Å². The molecule has 0 bridgehead atoms. The van der Waals surface area contributed by atoms with Crippen molar-refractivity contribution in [3.63, 3.8) is 0 Å². The molecule has 0 saturated carbocycles. The number of ether oxygens (including phenoxy) is 1. The molecule has 1 atom stereocenters. The van der Waals surface area contributed by atoms with Crippen LogP contribution in [0.3, 0.4) is 0 Å². The van der Waals surface area contributed by atoms with Crippen molar-refractivity contribution in [2.75, 3.05) is 0 Å². The van der Waals surface area contributed by atoms with Gasteiger partial charge in [-0.15, -0.1) is 0 Å². The minimum absolute atomic E-state index is 0.0635. The second-order valence-electron chi connectivity index (χ2n) is 5.11. The van der Waals surface area contributed by atoms with E-state index in [2.05, 4.69) is 30.1 Å². The van der Waals surface area contributed by atoms with E-state index < -0.39 is 0 Å². The van der Waals surface area contributed by atoms with Gasteiger partial charge in [-0.05, 0) is 36.8 Å². The third-order valence-electron chi connectivity index (χ3n) is 3.56. The summed E-state index contributed by atoms with van der Waals surface area (Å²) in [5, 5.41) is 2.34. The van der Waals surface area contributed by atoms with Crippen LogP contribution in [-0.4, -0.2) is 9.55 Å². The molecule has 0 aliphatic heterocycles. The Morgan fingerprint density at radius 1 is 1.19 bits per heavy atom. The molecule has 0 fully saturated rings. The minimum atomic E-state index is -0.0635. The van der Waals surface area contributed by atoms with Crippen molar-refractivity contribution in [2.45, 2.75) is 26.4 Å². The van der Waals surface area contributed by atoms with Gasteiger partial charge in [0, 0.05) is 12.6 Å². The Balaban J connectivity index is 1.95. The highest BCUT2D eigenvalue weighted by atomic mass is 16.5. The molecule has 0 aliphatic rings. The Hall–Kier alpha value is -2.33. The van der Waals surface area contributed by atoms with Crippen molar-refractivity contribution < 1.29 is 4.74 Å². The summed E-state index contributed by atoms with van der Waals surface area (Å²) in [5.74, 6) is 0.783. The minimum Gasteiger partial charge on any atom is -0.425 e. The van der Waals surface area contributed by atoms with Crippen LogP contribution >= 0.6 is 0 Å². The number of hydrogen-bond donors (Lipinski definition) is 1. The fraction of sp³-hybridized carbons (Fsp3) is 0.235. The molecule has 21 heavy (non-hydrogen) atoms. The van der Waals surface area contributed by atoms with Crippen molar-refractivity contribution in [3.8, 4) is 11.8 Å². The maximum Gasteiger partial charge on any atom is 0.302 e. The third-order valence-corrected chi connectivity index (χ3v) is 3.56. The number of nitrogens with two attached hydrogens (primary N) is 1. The molecule has 0 radical (unpaired) electrons. The first kappa shape index (κ1) is 13.6. The zero-order valence-corrected chi connectivity index (χ0v) is 12.3. The number of aromatic nitrogens is 2. The summed E-state index contributed by atoms with van der Waals surface area (Å²) in [7, 11) is 0. The number of rotatable bonds is 4. The molecule has 2 aromatic carbocycles. The van der Waals surface area contributed by atoms with Crippen LogP contribution in [0.4, 0.5) is 0 Å². The second kappa shape index (κ2) is 5.58. The van der Waals surface area contributed by atoms with Gasteiger partial charge >= 0.3 is 6.01 Å². The molecule has 0 spiro atoms. The Morgan fingerprint density at radius 2 is 1.95 bits per heavy atom. The van der Waals surface area contributed by atoms with E-state index in [-0.39, 0.29) is 6.04 Å². The van der Waals surface area contributed by atoms with Crippen LogP contribution in [0.1, 0.15) is 25.6 Å². The first-order valence-electron chi connectivity index (χ1n) is 7.16. The van der Waals surface area contributed by atoms with Gasteiger partial charge in [0.2, 0.25) is 0 Å². The normalized spacial score (nSPS) is 12.5. The average Bonchev–Trinajstić information content (AvgIpc) is 2.90. The smallest absolute Gasteiger partial charge is 0.302 e. The summed E-state index contributed by atoms with van der Waals surface area (Å²) in [5.41, 5.74) is 6.93. The summed E-state index contributed by atoms with van der Waals surface area (Å²) in [6.45, 7) is 4.78. The van der Waals surface area contributed by atoms with Gasteiger partial charge in [-0.25, -0.2) is 4.98 Å². The highest BCUT2D eigenvalue weighted by Gasteiger charge is 2.13. The first-order valence-corrected chi connectivity index (χ1v) is 7.16. The SMILES string of the molecule is CCn1c(C(C)N)cnc1Oc1ccc2ccccc2c1. The van der Waals surface area contributed by atoms with Gasteiger partial charge in [-0.2, -0.15) is 0 Å². The van der Waals surface area contributed by atoms with E-state index in [1.165, 1.54) is 5.39 Å². The largest absolute Gasteiger partial charge is 0.425 e. The van der Waals surface area contributed by atoms with E-state index in [1.54, 1.807) is 6.20 Å². The quantitative estimate of drug-likeness (QED) is 0.789. The Kier molecular flexibility index (Phi) is 3.62. The van der Waals surface area contributed by atoms with Gasteiger partial charge in [0.25, 0.3) is 0 Å². The fourth-order valence-electron chi connectivity index (χ4n) is 2.47. The number of benzene rings is 2. The van der Waals surface area contributed by atoms with Gasteiger partial charge in [-0.3, -0.25) is 4.57 Å². The Bertz CT molecular complexity index is 762. The van der Waals surface area contributed by atoms with Crippen molar-refractivity contribution in [3.05, 3.63) is 54.4 Å². The van der Waals surface area contributed by atoms with Crippen LogP contribution in [0, 0.1) is 0 Å². The monoisotopic (exact) mass is 281 g/mol. The molecular formula is C17H19N3O. The average molecular weight is 281 g/mol. The lowest BCUT2D eigenvalue weighted by molar-refractivity contribution is 0.410. The number of fused-ring (bicyclic) bond motifs is 1. The highest BCUT2D eigenvalue weighted by Crippen LogP contribution is 2.26. The molecule has 108 valence electrons. The zero-order chi connectivity index (χ0) is 14.8. The van der Waals surface area contributed by atoms with Crippen LogP contribution in [0.25, 0.3) is 10.8 Å². The number of hydrogen-bond acceptors (Lipinski definition) is 3. The summed E-state index contributed by atoms with van der Waals surface area (Å²) >= 11 is 0. The molecule has 1 aromatic heterocycles. The van der Waals surface area contributed by atoms with E-state index in [1.807, 2.05) is 35.8 Å². The van der Waals surface area contributed by atoms with E-state index in [0.29, 0.717) is 6.01 Å². The van der Waals surface area contributed by atoms with Crippen LogP contribution < -0.4 is 10.5 Å². The summed E-state index contributed by atoms with van der Waals surface area (Å²) in [6.07, 6.45) is 1.78. The van der Waals surface area contributed by atoms with Gasteiger partial charge in [0.1, 0.15) is 5.75 Å². The predicted molar refractivity (Wildman–Crippen MR) is 84.5 cm³/mol. The van der Waals surface area contributed by atoms with Crippen LogP contribution in [0.15, 0.2) is 48.7 Å². The van der Waals surface area contributed by atoms with E-state index >= 15 is 0 Å². The molecule has 0 aliphatic carbocycles. The van der Waals surface area contributed by atoms with Crippen LogP contribution in [0.2, 0.25) is 0 Å². The van der Waals surface area contributed by atoms with Crippen molar-refractivity contribution in [1.82, 2.24) is 9.55 Å². The number of imidazole rings is 1. The standard InChI is InChI=1S/C17H19N3O/c1-3-20-16(12(2)18)11-19-17(20)21-15-9-8-13-6-4-5-7-14(13)10-15/h4-12H,3,18H2,1-2H3. The molecule has 0 saturated heterocycles. The predicted octanol–water partition coefficient (Wildman–Crippen LogP) is 3.87. The molecule has 2 N–H and O–H groups in total. The summed E-state index contributed by atoms with van der Waals surface area (Å²) in [4.78, 5) is 4.34. The third kappa shape index (κ3) is 2.62. The van der Waals surface area contributed by atoms with E-state index in [0.717, 1.165) is 23.4 Å². The van der Waals surface area contributed by atoms with Gasteiger partial charge < -0.3 is 10.5 Å². The van der Waals surface area contributed by atoms with Gasteiger partial charge in [-0.1, -0.05) is 30.3 Å². The molecule has 3 rings (SSSR count). The highest BCUT2D eigenvalue weighted by molar-refractivity contribution is 5.83. The molecule has 4 heteroatoms. The first-order chi connectivity index (χ1) is 10.2.